The number of aryl methyl sites for hydroxylation is 1. The number of rotatable bonds is 8. The van der Waals surface area contributed by atoms with Gasteiger partial charge in [-0.05, 0) is 13.0 Å². The Morgan fingerprint density at radius 3 is 2.67 bits per heavy atom. The summed E-state index contributed by atoms with van der Waals surface area (Å²) in [5, 5.41) is 9.40. The molecule has 1 N–H and O–H groups in total. The molecule has 0 aliphatic rings. The van der Waals surface area contributed by atoms with Crippen LogP contribution in [0.1, 0.15) is 11.5 Å². The minimum Gasteiger partial charge on any atom is -0.508 e. The van der Waals surface area contributed by atoms with Crippen molar-refractivity contribution in [1.29, 1.82) is 0 Å². The van der Waals surface area contributed by atoms with Crippen molar-refractivity contribution in [2.45, 2.75) is 45.9 Å². The van der Waals surface area contributed by atoms with Crippen LogP contribution in [-0.2, 0) is 18.1 Å². The smallest absolute Gasteiger partial charge is 0.130 e. The molecular formula is C17H25FN2O3Si. The summed E-state index contributed by atoms with van der Waals surface area (Å²) in [5.41, 5.74) is 0.837. The second-order valence-corrected chi connectivity index (χ2v) is 12.6. The van der Waals surface area contributed by atoms with Crippen LogP contribution in [0, 0.1) is 12.7 Å². The van der Waals surface area contributed by atoms with Crippen LogP contribution in [0.4, 0.5) is 4.39 Å². The highest BCUT2D eigenvalue weighted by molar-refractivity contribution is 6.76. The molecule has 1 aromatic heterocycles. The van der Waals surface area contributed by atoms with Gasteiger partial charge in [-0.15, -0.1) is 0 Å². The molecule has 0 fully saturated rings. The first-order chi connectivity index (χ1) is 11.2. The van der Waals surface area contributed by atoms with E-state index in [9.17, 15) is 9.50 Å². The monoisotopic (exact) mass is 352 g/mol. The summed E-state index contributed by atoms with van der Waals surface area (Å²) >= 11 is 0. The number of phenolic OH excluding ortho intramolecular Hbond substituents is 1. The van der Waals surface area contributed by atoms with E-state index in [1.54, 1.807) is 6.20 Å². The van der Waals surface area contributed by atoms with E-state index in [1.807, 2.05) is 11.5 Å². The third kappa shape index (κ3) is 5.65. The molecule has 0 saturated heterocycles. The number of aromatic hydroxyl groups is 1. The van der Waals surface area contributed by atoms with Gasteiger partial charge in [0, 0.05) is 32.9 Å². The predicted octanol–water partition coefficient (Wildman–Crippen LogP) is 3.93. The molecule has 0 unspecified atom stereocenters. The van der Waals surface area contributed by atoms with Crippen molar-refractivity contribution in [1.82, 2.24) is 9.55 Å². The van der Waals surface area contributed by atoms with Crippen molar-refractivity contribution in [3.63, 3.8) is 0 Å². The van der Waals surface area contributed by atoms with Gasteiger partial charge in [0.1, 0.15) is 36.5 Å². The van der Waals surface area contributed by atoms with Gasteiger partial charge >= 0.3 is 0 Å². The predicted molar refractivity (Wildman–Crippen MR) is 93.5 cm³/mol. The Morgan fingerprint density at radius 2 is 2.00 bits per heavy atom. The Hall–Kier alpha value is -1.86. The maximum Gasteiger partial charge on any atom is 0.130 e. The first-order valence-corrected chi connectivity index (χ1v) is 11.7. The molecule has 0 bridgehead atoms. The fourth-order valence-electron chi connectivity index (χ4n) is 2.13. The summed E-state index contributed by atoms with van der Waals surface area (Å²) in [6.45, 7) is 10.2. The number of hydrogen-bond acceptors (Lipinski definition) is 4. The molecule has 0 aliphatic carbocycles. The Balaban J connectivity index is 1.94. The maximum absolute atomic E-state index is 13.3. The Kier molecular flexibility index (Phi) is 6.01. The zero-order valence-corrected chi connectivity index (χ0v) is 15.7. The minimum absolute atomic E-state index is 0.163. The maximum atomic E-state index is 13.3. The standard InChI is InChI=1S/C17H25FN2O3Si/c1-13-19-10-15(20(13)12-22-5-6-24(2,3)4)11-23-17-8-14(18)7-16(21)9-17/h7-10,21H,5-6,11-12H2,1-4H3. The number of benzene rings is 1. The number of nitrogens with zero attached hydrogens (tertiary/aromatic N) is 2. The first-order valence-electron chi connectivity index (χ1n) is 7.96. The van der Waals surface area contributed by atoms with Crippen LogP contribution in [-0.4, -0.2) is 29.3 Å². The average Bonchev–Trinajstić information content (AvgIpc) is 2.80. The van der Waals surface area contributed by atoms with Crippen molar-refractivity contribution >= 4 is 8.07 Å². The van der Waals surface area contributed by atoms with Gasteiger partial charge in [-0.1, -0.05) is 19.6 Å². The van der Waals surface area contributed by atoms with E-state index in [-0.39, 0.29) is 18.1 Å². The lowest BCUT2D eigenvalue weighted by Crippen LogP contribution is -2.22. The Morgan fingerprint density at radius 1 is 1.25 bits per heavy atom. The lowest BCUT2D eigenvalue weighted by atomic mass is 10.3. The SMILES string of the molecule is Cc1ncc(COc2cc(O)cc(F)c2)n1COCC[Si](C)(C)C. The van der Waals surface area contributed by atoms with E-state index in [0.717, 1.165) is 30.2 Å². The number of hydrogen-bond donors (Lipinski definition) is 1. The van der Waals surface area contributed by atoms with Crippen LogP contribution in [0.3, 0.4) is 0 Å². The van der Waals surface area contributed by atoms with Crippen LogP contribution in [0.25, 0.3) is 0 Å². The highest BCUT2D eigenvalue weighted by atomic mass is 28.3. The van der Waals surface area contributed by atoms with Gasteiger partial charge in [0.15, 0.2) is 0 Å². The number of phenols is 1. The van der Waals surface area contributed by atoms with Gasteiger partial charge < -0.3 is 19.1 Å². The van der Waals surface area contributed by atoms with Crippen LogP contribution in [0.15, 0.2) is 24.4 Å². The van der Waals surface area contributed by atoms with Gasteiger partial charge in [0.05, 0.1) is 11.9 Å². The molecule has 24 heavy (non-hydrogen) atoms. The molecular weight excluding hydrogens is 327 g/mol. The third-order valence-corrected chi connectivity index (χ3v) is 5.30. The molecule has 0 spiro atoms. The molecule has 0 saturated carbocycles. The molecule has 0 amide bonds. The fraction of sp³-hybridized carbons (Fsp3) is 0.471. The molecule has 2 aromatic rings. The van der Waals surface area contributed by atoms with E-state index in [2.05, 4.69) is 24.6 Å². The highest BCUT2D eigenvalue weighted by Gasteiger charge is 2.13. The van der Waals surface area contributed by atoms with Crippen molar-refractivity contribution < 1.29 is 19.0 Å². The second kappa shape index (κ2) is 7.81. The lowest BCUT2D eigenvalue weighted by Gasteiger charge is -2.17. The molecule has 5 nitrogen and oxygen atoms in total. The Labute approximate surface area is 143 Å². The van der Waals surface area contributed by atoms with Gasteiger partial charge in [0.25, 0.3) is 0 Å². The fourth-order valence-corrected chi connectivity index (χ4v) is 2.89. The zero-order valence-electron chi connectivity index (χ0n) is 14.7. The molecule has 2 rings (SSSR count). The van der Waals surface area contributed by atoms with Crippen LogP contribution < -0.4 is 4.74 Å². The van der Waals surface area contributed by atoms with Gasteiger partial charge in [0.2, 0.25) is 0 Å². The second-order valence-electron chi connectivity index (χ2n) is 7.01. The van der Waals surface area contributed by atoms with E-state index >= 15 is 0 Å². The molecule has 7 heteroatoms. The Bertz CT molecular complexity index is 663. The quantitative estimate of drug-likeness (QED) is 0.578. The number of imidazole rings is 1. The molecule has 1 heterocycles. The topological polar surface area (TPSA) is 56.5 Å². The van der Waals surface area contributed by atoms with Crippen LogP contribution in [0.2, 0.25) is 25.7 Å². The normalized spacial score (nSPS) is 11.7. The summed E-state index contributed by atoms with van der Waals surface area (Å²) in [5.74, 6) is 0.412. The third-order valence-electron chi connectivity index (χ3n) is 3.60. The molecule has 1 aromatic carbocycles. The number of aromatic nitrogens is 2. The van der Waals surface area contributed by atoms with E-state index < -0.39 is 13.9 Å². The zero-order chi connectivity index (χ0) is 17.7. The van der Waals surface area contributed by atoms with E-state index in [0.29, 0.717) is 6.73 Å². The summed E-state index contributed by atoms with van der Waals surface area (Å²) in [7, 11) is -1.11. The van der Waals surface area contributed by atoms with Crippen molar-refractivity contribution in [3.8, 4) is 11.5 Å². The molecule has 132 valence electrons. The summed E-state index contributed by atoms with van der Waals surface area (Å²) in [4.78, 5) is 4.28. The van der Waals surface area contributed by atoms with Crippen LogP contribution >= 0.6 is 0 Å². The molecule has 0 aliphatic heterocycles. The minimum atomic E-state index is -1.11. The molecule has 0 atom stereocenters. The van der Waals surface area contributed by atoms with Crippen molar-refractivity contribution in [2.75, 3.05) is 6.61 Å². The summed E-state index contributed by atoms with van der Waals surface area (Å²) in [6.07, 6.45) is 1.72. The lowest BCUT2D eigenvalue weighted by molar-refractivity contribution is 0.0814. The van der Waals surface area contributed by atoms with Gasteiger partial charge in [-0.25, -0.2) is 9.37 Å². The van der Waals surface area contributed by atoms with Gasteiger partial charge in [-0.3, -0.25) is 0 Å². The largest absolute Gasteiger partial charge is 0.508 e. The van der Waals surface area contributed by atoms with Crippen molar-refractivity contribution in [2.24, 2.45) is 0 Å². The van der Waals surface area contributed by atoms with Crippen LogP contribution in [0.5, 0.6) is 11.5 Å². The first kappa shape index (κ1) is 18.5. The van der Waals surface area contributed by atoms with E-state index in [1.165, 1.54) is 12.1 Å². The summed E-state index contributed by atoms with van der Waals surface area (Å²) in [6, 6.07) is 4.75. The van der Waals surface area contributed by atoms with Gasteiger partial charge in [-0.2, -0.15) is 0 Å². The van der Waals surface area contributed by atoms with Crippen molar-refractivity contribution in [3.05, 3.63) is 41.7 Å². The summed E-state index contributed by atoms with van der Waals surface area (Å²) < 4.78 is 26.5. The molecule has 0 radical (unpaired) electrons. The number of halogens is 1. The van der Waals surface area contributed by atoms with E-state index in [4.69, 9.17) is 9.47 Å². The number of ether oxygens (including phenoxy) is 2. The highest BCUT2D eigenvalue weighted by Crippen LogP contribution is 2.22. The average molecular weight is 352 g/mol.